The molecule has 0 fully saturated rings. The average molecular weight is 175 g/mol. The van der Waals surface area contributed by atoms with Gasteiger partial charge >= 0.3 is 0 Å². The molecule has 0 unspecified atom stereocenters. The Morgan fingerprint density at radius 1 is 1.50 bits per heavy atom. The molecule has 0 N–H and O–H groups in total. The van der Waals surface area contributed by atoms with Gasteiger partial charge in [-0.25, -0.2) is 13.5 Å². The van der Waals surface area contributed by atoms with Gasteiger partial charge in [0.25, 0.3) is 6.43 Å². The van der Waals surface area contributed by atoms with Crippen LogP contribution in [0.15, 0.2) is 6.20 Å². The maximum atomic E-state index is 11.8. The van der Waals surface area contributed by atoms with Crippen LogP contribution in [0.2, 0.25) is 0 Å². The first kappa shape index (κ1) is 9.09. The van der Waals surface area contributed by atoms with E-state index in [2.05, 4.69) is 10.3 Å². The first-order valence-corrected chi connectivity index (χ1v) is 3.77. The molecule has 0 saturated heterocycles. The number of hydrogen-bond donors (Lipinski definition) is 0. The maximum absolute atomic E-state index is 11.8. The van der Waals surface area contributed by atoms with Gasteiger partial charge in [0.2, 0.25) is 0 Å². The van der Waals surface area contributed by atoms with E-state index in [1.807, 2.05) is 13.8 Å². The Morgan fingerprint density at radius 3 is 2.58 bits per heavy atom. The molecule has 0 atom stereocenters. The van der Waals surface area contributed by atoms with Crippen molar-refractivity contribution in [2.75, 3.05) is 0 Å². The molecule has 68 valence electrons. The Morgan fingerprint density at radius 2 is 2.17 bits per heavy atom. The lowest BCUT2D eigenvalue weighted by Crippen LogP contribution is -2.06. The highest BCUT2D eigenvalue weighted by Gasteiger charge is 2.08. The smallest absolute Gasteiger partial charge is 0.247 e. The quantitative estimate of drug-likeness (QED) is 0.699. The third-order valence-electron chi connectivity index (χ3n) is 1.47. The summed E-state index contributed by atoms with van der Waals surface area (Å²) in [5, 5.41) is 7.31. The molecule has 1 rings (SSSR count). The Bertz CT molecular complexity index is 245. The predicted octanol–water partition coefficient (Wildman–Crippen LogP) is 1.67. The second-order valence-electron chi connectivity index (χ2n) is 2.91. The minimum atomic E-state index is -2.37. The summed E-state index contributed by atoms with van der Waals surface area (Å²) in [7, 11) is 0. The molecular formula is C7H11F2N3. The SMILES string of the molecule is CC(C)c1cn(CC(F)F)nn1. The fourth-order valence-electron chi connectivity index (χ4n) is 0.809. The summed E-state index contributed by atoms with van der Waals surface area (Å²) in [6.07, 6.45) is -0.816. The van der Waals surface area contributed by atoms with Crippen molar-refractivity contribution >= 4 is 0 Å². The van der Waals surface area contributed by atoms with Crippen LogP contribution < -0.4 is 0 Å². The molecule has 0 saturated carbocycles. The van der Waals surface area contributed by atoms with Gasteiger partial charge in [-0.1, -0.05) is 19.1 Å². The highest BCUT2D eigenvalue weighted by molar-refractivity contribution is 4.97. The van der Waals surface area contributed by atoms with Crippen molar-refractivity contribution in [2.45, 2.75) is 32.7 Å². The molecule has 0 radical (unpaired) electrons. The molecule has 1 heterocycles. The van der Waals surface area contributed by atoms with Gasteiger partial charge in [0.1, 0.15) is 6.54 Å². The third-order valence-corrected chi connectivity index (χ3v) is 1.47. The van der Waals surface area contributed by atoms with E-state index in [0.29, 0.717) is 0 Å². The average Bonchev–Trinajstić information content (AvgIpc) is 2.34. The monoisotopic (exact) mass is 175 g/mol. The zero-order chi connectivity index (χ0) is 9.14. The first-order valence-electron chi connectivity index (χ1n) is 3.77. The van der Waals surface area contributed by atoms with Gasteiger partial charge in [-0.2, -0.15) is 0 Å². The summed E-state index contributed by atoms with van der Waals surface area (Å²) in [6.45, 7) is 3.51. The van der Waals surface area contributed by atoms with E-state index in [1.54, 1.807) is 6.20 Å². The molecule has 0 bridgehead atoms. The minimum Gasteiger partial charge on any atom is -0.247 e. The van der Waals surface area contributed by atoms with Crippen LogP contribution in [0.25, 0.3) is 0 Å². The van der Waals surface area contributed by atoms with Crippen LogP contribution in [0.4, 0.5) is 8.78 Å². The highest BCUT2D eigenvalue weighted by atomic mass is 19.3. The number of alkyl halides is 2. The van der Waals surface area contributed by atoms with Gasteiger partial charge in [-0.05, 0) is 5.92 Å². The summed E-state index contributed by atoms with van der Waals surface area (Å²) in [4.78, 5) is 0. The Kier molecular flexibility index (Phi) is 2.73. The number of halogens is 2. The van der Waals surface area contributed by atoms with Crippen LogP contribution in [-0.2, 0) is 6.54 Å². The van der Waals surface area contributed by atoms with Gasteiger partial charge < -0.3 is 0 Å². The number of nitrogens with zero attached hydrogens (tertiary/aromatic N) is 3. The van der Waals surface area contributed by atoms with Crippen molar-refractivity contribution < 1.29 is 8.78 Å². The molecule has 5 heteroatoms. The molecule has 1 aromatic heterocycles. The molecule has 0 aliphatic rings. The minimum absolute atomic E-state index is 0.233. The Balaban J connectivity index is 2.64. The van der Waals surface area contributed by atoms with E-state index in [-0.39, 0.29) is 12.5 Å². The van der Waals surface area contributed by atoms with E-state index < -0.39 is 6.43 Å². The normalized spacial score (nSPS) is 11.5. The molecular weight excluding hydrogens is 164 g/mol. The summed E-state index contributed by atoms with van der Waals surface area (Å²) >= 11 is 0. The van der Waals surface area contributed by atoms with Crippen LogP contribution in [0.3, 0.4) is 0 Å². The summed E-state index contributed by atoms with van der Waals surface area (Å²) < 4.78 is 24.9. The number of aromatic nitrogens is 3. The second-order valence-corrected chi connectivity index (χ2v) is 2.91. The zero-order valence-corrected chi connectivity index (χ0v) is 7.04. The molecule has 12 heavy (non-hydrogen) atoms. The predicted molar refractivity (Wildman–Crippen MR) is 40.1 cm³/mol. The van der Waals surface area contributed by atoms with Crippen molar-refractivity contribution in [3.63, 3.8) is 0 Å². The van der Waals surface area contributed by atoms with E-state index in [4.69, 9.17) is 0 Å². The standard InChI is InChI=1S/C7H11F2N3/c1-5(2)6-3-12(11-10-6)4-7(8)9/h3,5,7H,4H2,1-2H3. The maximum Gasteiger partial charge on any atom is 0.257 e. The number of hydrogen-bond acceptors (Lipinski definition) is 2. The van der Waals surface area contributed by atoms with Crippen molar-refractivity contribution in [3.05, 3.63) is 11.9 Å². The summed E-state index contributed by atoms with van der Waals surface area (Å²) in [6, 6.07) is 0. The van der Waals surface area contributed by atoms with Crippen LogP contribution >= 0.6 is 0 Å². The van der Waals surface area contributed by atoms with Crippen molar-refractivity contribution in [1.29, 1.82) is 0 Å². The molecule has 0 aliphatic carbocycles. The van der Waals surface area contributed by atoms with Crippen molar-refractivity contribution in [3.8, 4) is 0 Å². The second kappa shape index (κ2) is 3.60. The largest absolute Gasteiger partial charge is 0.257 e. The van der Waals surface area contributed by atoms with Gasteiger partial charge in [-0.3, -0.25) is 0 Å². The fraction of sp³-hybridized carbons (Fsp3) is 0.714. The van der Waals surface area contributed by atoms with Gasteiger partial charge in [0.15, 0.2) is 0 Å². The highest BCUT2D eigenvalue weighted by Crippen LogP contribution is 2.09. The molecule has 0 aliphatic heterocycles. The summed E-state index contributed by atoms with van der Waals surface area (Å²) in [5.74, 6) is 0.233. The van der Waals surface area contributed by atoms with E-state index in [9.17, 15) is 8.78 Å². The lowest BCUT2D eigenvalue weighted by Gasteiger charge is -1.97. The first-order chi connectivity index (χ1) is 5.59. The third kappa shape index (κ3) is 2.25. The van der Waals surface area contributed by atoms with Gasteiger partial charge in [0, 0.05) is 6.20 Å². The lowest BCUT2D eigenvalue weighted by atomic mass is 10.2. The van der Waals surface area contributed by atoms with Gasteiger partial charge in [0.05, 0.1) is 5.69 Å². The Hall–Kier alpha value is -1.00. The topological polar surface area (TPSA) is 30.7 Å². The van der Waals surface area contributed by atoms with Crippen molar-refractivity contribution in [1.82, 2.24) is 15.0 Å². The lowest BCUT2D eigenvalue weighted by molar-refractivity contribution is 0.121. The van der Waals surface area contributed by atoms with E-state index >= 15 is 0 Å². The molecule has 3 nitrogen and oxygen atoms in total. The molecule has 1 aromatic rings. The molecule has 0 aromatic carbocycles. The van der Waals surface area contributed by atoms with Crippen LogP contribution in [0.5, 0.6) is 0 Å². The fourth-order valence-corrected chi connectivity index (χ4v) is 0.809. The van der Waals surface area contributed by atoms with E-state index in [1.165, 1.54) is 4.68 Å². The van der Waals surface area contributed by atoms with Gasteiger partial charge in [-0.15, -0.1) is 5.10 Å². The van der Waals surface area contributed by atoms with Crippen molar-refractivity contribution in [2.24, 2.45) is 0 Å². The van der Waals surface area contributed by atoms with Crippen LogP contribution in [0.1, 0.15) is 25.5 Å². The van der Waals surface area contributed by atoms with E-state index in [0.717, 1.165) is 5.69 Å². The summed E-state index contributed by atoms with van der Waals surface area (Å²) in [5.41, 5.74) is 0.746. The molecule has 0 amide bonds. The van der Waals surface area contributed by atoms with Crippen LogP contribution in [0, 0.1) is 0 Å². The zero-order valence-electron chi connectivity index (χ0n) is 7.04. The number of rotatable bonds is 3. The van der Waals surface area contributed by atoms with Crippen LogP contribution in [-0.4, -0.2) is 21.4 Å². The Labute approximate surface area is 69.4 Å². The molecule has 0 spiro atoms.